The molecular weight excluding hydrogens is 258 g/mol. The van der Waals surface area contributed by atoms with Crippen LogP contribution in [0.4, 0.5) is 5.82 Å². The van der Waals surface area contributed by atoms with Crippen molar-refractivity contribution in [3.8, 4) is 6.07 Å². The fourth-order valence-corrected chi connectivity index (χ4v) is 2.02. The van der Waals surface area contributed by atoms with Crippen LogP contribution in [0.5, 0.6) is 0 Å². The van der Waals surface area contributed by atoms with Gasteiger partial charge in [0.05, 0.1) is 5.56 Å². The fourth-order valence-electron chi connectivity index (χ4n) is 1.89. The van der Waals surface area contributed by atoms with E-state index in [2.05, 4.69) is 16.4 Å². The third-order valence-corrected chi connectivity index (χ3v) is 3.08. The number of aromatic nitrogens is 1. The Labute approximate surface area is 117 Å². The molecule has 3 nitrogen and oxygen atoms in total. The van der Waals surface area contributed by atoms with Gasteiger partial charge in [0, 0.05) is 17.3 Å². The third-order valence-electron chi connectivity index (χ3n) is 2.83. The van der Waals surface area contributed by atoms with Crippen molar-refractivity contribution in [2.24, 2.45) is 0 Å². The average Bonchev–Trinajstić information content (AvgIpc) is 2.37. The van der Waals surface area contributed by atoms with Gasteiger partial charge < -0.3 is 5.32 Å². The van der Waals surface area contributed by atoms with Gasteiger partial charge in [-0.05, 0) is 43.2 Å². The SMILES string of the molecule is Cc1cc(C)c(C#N)c(NCc2ccc(Cl)cc2)n1. The third kappa shape index (κ3) is 3.24. The summed E-state index contributed by atoms with van der Waals surface area (Å²) in [4.78, 5) is 4.38. The Hall–Kier alpha value is -2.05. The van der Waals surface area contributed by atoms with Crippen LogP contribution < -0.4 is 5.32 Å². The number of nitrogens with zero attached hydrogens (tertiary/aromatic N) is 2. The van der Waals surface area contributed by atoms with Crippen molar-refractivity contribution < 1.29 is 0 Å². The standard InChI is InChI=1S/C15H14ClN3/c1-10-7-11(2)19-15(14(10)8-17)18-9-12-3-5-13(16)6-4-12/h3-7H,9H2,1-2H3,(H,18,19). The molecule has 1 N–H and O–H groups in total. The van der Waals surface area contributed by atoms with Crippen LogP contribution in [0.15, 0.2) is 30.3 Å². The molecule has 19 heavy (non-hydrogen) atoms. The maximum atomic E-state index is 9.18. The number of rotatable bonds is 3. The van der Waals surface area contributed by atoms with Crippen LogP contribution in [-0.2, 0) is 6.54 Å². The van der Waals surface area contributed by atoms with Crippen molar-refractivity contribution in [2.75, 3.05) is 5.32 Å². The van der Waals surface area contributed by atoms with E-state index in [0.29, 0.717) is 22.9 Å². The Morgan fingerprint density at radius 1 is 1.26 bits per heavy atom. The predicted molar refractivity (Wildman–Crippen MR) is 77.2 cm³/mol. The van der Waals surface area contributed by atoms with E-state index >= 15 is 0 Å². The highest BCUT2D eigenvalue weighted by Gasteiger charge is 2.07. The Bertz CT molecular complexity index is 627. The van der Waals surface area contributed by atoms with E-state index in [9.17, 15) is 5.26 Å². The fraction of sp³-hybridized carbons (Fsp3) is 0.200. The van der Waals surface area contributed by atoms with E-state index < -0.39 is 0 Å². The van der Waals surface area contributed by atoms with Crippen LogP contribution >= 0.6 is 11.6 Å². The predicted octanol–water partition coefficient (Wildman–Crippen LogP) is 3.84. The highest BCUT2D eigenvalue weighted by atomic mass is 35.5. The van der Waals surface area contributed by atoms with Crippen LogP contribution in [0.3, 0.4) is 0 Å². The lowest BCUT2D eigenvalue weighted by Gasteiger charge is -2.10. The minimum Gasteiger partial charge on any atom is -0.365 e. The quantitative estimate of drug-likeness (QED) is 0.923. The zero-order chi connectivity index (χ0) is 13.8. The topological polar surface area (TPSA) is 48.7 Å². The number of nitrogens with one attached hydrogen (secondary N) is 1. The molecular formula is C15H14ClN3. The second kappa shape index (κ2) is 5.73. The molecule has 96 valence electrons. The van der Waals surface area contributed by atoms with E-state index in [1.54, 1.807) is 0 Å². The van der Waals surface area contributed by atoms with E-state index in [4.69, 9.17) is 11.6 Å². The number of halogens is 1. The number of anilines is 1. The largest absolute Gasteiger partial charge is 0.365 e. The number of hydrogen-bond donors (Lipinski definition) is 1. The second-order valence-corrected chi connectivity index (χ2v) is 4.83. The van der Waals surface area contributed by atoms with Gasteiger partial charge >= 0.3 is 0 Å². The van der Waals surface area contributed by atoms with Crippen LogP contribution in [-0.4, -0.2) is 4.98 Å². The van der Waals surface area contributed by atoms with E-state index in [1.165, 1.54) is 0 Å². The molecule has 0 aliphatic carbocycles. The highest BCUT2D eigenvalue weighted by molar-refractivity contribution is 6.30. The zero-order valence-electron chi connectivity index (χ0n) is 10.9. The molecule has 0 aliphatic rings. The average molecular weight is 272 g/mol. The molecule has 0 fully saturated rings. The highest BCUT2D eigenvalue weighted by Crippen LogP contribution is 2.18. The molecule has 0 amide bonds. The van der Waals surface area contributed by atoms with Gasteiger partial charge in [-0.3, -0.25) is 0 Å². The number of aryl methyl sites for hydroxylation is 2. The first-order valence-corrected chi connectivity index (χ1v) is 6.34. The Morgan fingerprint density at radius 3 is 2.58 bits per heavy atom. The van der Waals surface area contributed by atoms with E-state index in [0.717, 1.165) is 16.8 Å². The first kappa shape index (κ1) is 13.4. The molecule has 0 saturated carbocycles. The number of pyridine rings is 1. The molecule has 1 heterocycles. The van der Waals surface area contributed by atoms with Gasteiger partial charge in [-0.15, -0.1) is 0 Å². The molecule has 1 aromatic carbocycles. The molecule has 4 heteroatoms. The summed E-state index contributed by atoms with van der Waals surface area (Å²) >= 11 is 5.84. The van der Waals surface area contributed by atoms with Crippen LogP contribution in [0, 0.1) is 25.2 Å². The Balaban J connectivity index is 2.20. The summed E-state index contributed by atoms with van der Waals surface area (Å²) in [5, 5.41) is 13.1. The summed E-state index contributed by atoms with van der Waals surface area (Å²) in [7, 11) is 0. The summed E-state index contributed by atoms with van der Waals surface area (Å²) in [6, 6.07) is 11.7. The molecule has 0 aliphatic heterocycles. The van der Waals surface area contributed by atoms with Gasteiger partial charge in [-0.2, -0.15) is 5.26 Å². The lowest BCUT2D eigenvalue weighted by Crippen LogP contribution is -2.05. The second-order valence-electron chi connectivity index (χ2n) is 4.40. The number of hydrogen-bond acceptors (Lipinski definition) is 3. The van der Waals surface area contributed by atoms with Gasteiger partial charge in [-0.1, -0.05) is 23.7 Å². The van der Waals surface area contributed by atoms with Crippen molar-refractivity contribution in [3.63, 3.8) is 0 Å². The molecule has 0 atom stereocenters. The van der Waals surface area contributed by atoms with Crippen molar-refractivity contribution in [1.29, 1.82) is 5.26 Å². The molecule has 1 aromatic heterocycles. The van der Waals surface area contributed by atoms with Crippen molar-refractivity contribution in [1.82, 2.24) is 4.98 Å². The first-order chi connectivity index (χ1) is 9.10. The van der Waals surface area contributed by atoms with Gasteiger partial charge in [0.2, 0.25) is 0 Å². The van der Waals surface area contributed by atoms with Crippen molar-refractivity contribution >= 4 is 17.4 Å². The van der Waals surface area contributed by atoms with Crippen molar-refractivity contribution in [2.45, 2.75) is 20.4 Å². The monoisotopic (exact) mass is 271 g/mol. The normalized spacial score (nSPS) is 10.0. The van der Waals surface area contributed by atoms with Gasteiger partial charge in [0.25, 0.3) is 0 Å². The molecule has 2 aromatic rings. The minimum absolute atomic E-state index is 0.597. The van der Waals surface area contributed by atoms with E-state index in [-0.39, 0.29) is 0 Å². The summed E-state index contributed by atoms with van der Waals surface area (Å²) < 4.78 is 0. The lowest BCUT2D eigenvalue weighted by atomic mass is 10.1. The van der Waals surface area contributed by atoms with Crippen LogP contribution in [0.2, 0.25) is 5.02 Å². The Morgan fingerprint density at radius 2 is 1.95 bits per heavy atom. The Kier molecular flexibility index (Phi) is 4.03. The first-order valence-electron chi connectivity index (χ1n) is 5.97. The molecule has 0 unspecified atom stereocenters. The van der Waals surface area contributed by atoms with Gasteiger partial charge in [-0.25, -0.2) is 4.98 Å². The summed E-state index contributed by atoms with van der Waals surface area (Å²) in [6.45, 7) is 4.45. The molecule has 0 saturated heterocycles. The summed E-state index contributed by atoms with van der Waals surface area (Å²) in [6.07, 6.45) is 0. The summed E-state index contributed by atoms with van der Waals surface area (Å²) in [5.41, 5.74) is 3.53. The maximum absolute atomic E-state index is 9.18. The van der Waals surface area contributed by atoms with E-state index in [1.807, 2.05) is 44.2 Å². The zero-order valence-corrected chi connectivity index (χ0v) is 11.6. The number of nitriles is 1. The molecule has 0 radical (unpaired) electrons. The van der Waals surface area contributed by atoms with Gasteiger partial charge in [0.1, 0.15) is 11.9 Å². The number of benzene rings is 1. The smallest absolute Gasteiger partial charge is 0.144 e. The van der Waals surface area contributed by atoms with Crippen molar-refractivity contribution in [3.05, 3.63) is 57.7 Å². The minimum atomic E-state index is 0.597. The summed E-state index contributed by atoms with van der Waals surface area (Å²) in [5.74, 6) is 0.634. The molecule has 0 bridgehead atoms. The molecule has 2 rings (SSSR count). The maximum Gasteiger partial charge on any atom is 0.144 e. The lowest BCUT2D eigenvalue weighted by molar-refractivity contribution is 1.07. The molecule has 0 spiro atoms. The van der Waals surface area contributed by atoms with Crippen LogP contribution in [0.25, 0.3) is 0 Å². The van der Waals surface area contributed by atoms with Crippen LogP contribution in [0.1, 0.15) is 22.4 Å². The van der Waals surface area contributed by atoms with Gasteiger partial charge in [0.15, 0.2) is 0 Å².